The number of esters is 1. The van der Waals surface area contributed by atoms with Crippen molar-refractivity contribution in [2.75, 3.05) is 7.11 Å². The highest BCUT2D eigenvalue weighted by Gasteiger charge is 2.67. The standard InChI is InChI=1S/C25H32O4/c1-15(26)19-14-25(29-22(19)27)12-9-21-18-6-5-16-13-17(28-4)7-10-23(16,2)20(18)8-11-24(21,25)3/h5,8,13,18-19,21H,6-7,9-12,14H2,1-4H3/t18?,19?,21?,23-,24-,25?/m0/s1. The van der Waals surface area contributed by atoms with E-state index in [0.717, 1.165) is 44.3 Å². The fraction of sp³-hybridized carbons (Fsp3) is 0.680. The first-order chi connectivity index (χ1) is 13.7. The Morgan fingerprint density at radius 1 is 1.24 bits per heavy atom. The van der Waals surface area contributed by atoms with Gasteiger partial charge in [-0.1, -0.05) is 31.6 Å². The number of carbonyl (C=O) groups is 2. The molecular weight excluding hydrogens is 364 g/mol. The van der Waals surface area contributed by atoms with Gasteiger partial charge in [-0.3, -0.25) is 9.59 Å². The molecule has 0 radical (unpaired) electrons. The predicted octanol–water partition coefficient (Wildman–Crippen LogP) is 4.90. The van der Waals surface area contributed by atoms with Crippen LogP contribution < -0.4 is 0 Å². The first kappa shape index (κ1) is 19.1. The van der Waals surface area contributed by atoms with Crippen LogP contribution in [0, 0.1) is 28.6 Å². The van der Waals surface area contributed by atoms with E-state index in [9.17, 15) is 9.59 Å². The van der Waals surface area contributed by atoms with Crippen molar-refractivity contribution in [2.45, 2.75) is 71.3 Å². The lowest BCUT2D eigenvalue weighted by Crippen LogP contribution is -2.50. The lowest BCUT2D eigenvalue weighted by Gasteiger charge is -2.53. The molecule has 4 heteroatoms. The number of fused-ring (bicyclic) bond motifs is 6. The summed E-state index contributed by atoms with van der Waals surface area (Å²) in [4.78, 5) is 24.5. The molecule has 6 atom stereocenters. The number of hydrogen-bond donors (Lipinski definition) is 0. The Bertz CT molecular complexity index is 879. The molecule has 0 bridgehead atoms. The second kappa shape index (κ2) is 6.09. The van der Waals surface area contributed by atoms with Crippen LogP contribution in [0.1, 0.15) is 65.7 Å². The fourth-order valence-electron chi connectivity index (χ4n) is 7.39. The zero-order chi connectivity index (χ0) is 20.6. The maximum absolute atomic E-state index is 12.5. The van der Waals surface area contributed by atoms with Crippen LogP contribution in [0.3, 0.4) is 0 Å². The molecular formula is C25H32O4. The molecule has 5 rings (SSSR count). The van der Waals surface area contributed by atoms with E-state index in [4.69, 9.17) is 9.47 Å². The summed E-state index contributed by atoms with van der Waals surface area (Å²) >= 11 is 0. The molecule has 1 saturated heterocycles. The maximum Gasteiger partial charge on any atom is 0.317 e. The van der Waals surface area contributed by atoms with E-state index in [1.54, 1.807) is 12.7 Å². The molecule has 4 aliphatic carbocycles. The number of carbonyl (C=O) groups excluding carboxylic acids is 2. The van der Waals surface area contributed by atoms with E-state index >= 15 is 0 Å². The van der Waals surface area contributed by atoms with E-state index in [1.165, 1.54) is 12.5 Å². The van der Waals surface area contributed by atoms with E-state index in [2.05, 4.69) is 32.1 Å². The lowest BCUT2D eigenvalue weighted by molar-refractivity contribution is -0.161. The van der Waals surface area contributed by atoms with Crippen molar-refractivity contribution >= 4 is 11.8 Å². The summed E-state index contributed by atoms with van der Waals surface area (Å²) < 4.78 is 11.6. The van der Waals surface area contributed by atoms with Gasteiger partial charge < -0.3 is 9.47 Å². The van der Waals surface area contributed by atoms with Crippen LogP contribution in [0.5, 0.6) is 0 Å². The molecule has 4 nitrogen and oxygen atoms in total. The van der Waals surface area contributed by atoms with Crippen molar-refractivity contribution in [1.82, 2.24) is 0 Å². The van der Waals surface area contributed by atoms with Gasteiger partial charge in [0, 0.05) is 23.7 Å². The van der Waals surface area contributed by atoms with Gasteiger partial charge in [0.15, 0.2) is 0 Å². The van der Waals surface area contributed by atoms with Crippen LogP contribution >= 0.6 is 0 Å². The number of ether oxygens (including phenoxy) is 2. The van der Waals surface area contributed by atoms with Crippen molar-refractivity contribution < 1.29 is 19.1 Å². The molecule has 2 fully saturated rings. The van der Waals surface area contributed by atoms with Gasteiger partial charge in [-0.15, -0.1) is 0 Å². The molecule has 0 N–H and O–H groups in total. The Labute approximate surface area is 173 Å². The van der Waals surface area contributed by atoms with E-state index in [1.807, 2.05) is 0 Å². The highest BCUT2D eigenvalue weighted by atomic mass is 16.6. The molecule has 5 aliphatic rings. The molecule has 156 valence electrons. The van der Waals surface area contributed by atoms with Crippen molar-refractivity contribution in [3.8, 4) is 0 Å². The molecule has 1 aliphatic heterocycles. The van der Waals surface area contributed by atoms with E-state index < -0.39 is 11.5 Å². The second-order valence-corrected chi connectivity index (χ2v) is 10.4. The summed E-state index contributed by atoms with van der Waals surface area (Å²) in [5, 5.41) is 0. The molecule has 1 heterocycles. The van der Waals surface area contributed by atoms with Crippen LogP contribution in [-0.2, 0) is 19.1 Å². The highest BCUT2D eigenvalue weighted by molar-refractivity contribution is 5.99. The van der Waals surface area contributed by atoms with Crippen LogP contribution in [0.25, 0.3) is 0 Å². The molecule has 0 aromatic heterocycles. The summed E-state index contributed by atoms with van der Waals surface area (Å²) in [5.74, 6) is 1.18. The van der Waals surface area contributed by atoms with Gasteiger partial charge in [-0.2, -0.15) is 0 Å². The zero-order valence-electron chi connectivity index (χ0n) is 18.0. The third kappa shape index (κ3) is 2.38. The molecule has 1 saturated carbocycles. The topological polar surface area (TPSA) is 52.6 Å². The molecule has 4 unspecified atom stereocenters. The summed E-state index contributed by atoms with van der Waals surface area (Å²) in [6.45, 7) is 6.24. The maximum atomic E-state index is 12.5. The molecule has 0 aromatic carbocycles. The Morgan fingerprint density at radius 2 is 2.03 bits per heavy atom. The van der Waals surface area contributed by atoms with Gasteiger partial charge in [-0.05, 0) is 62.5 Å². The second-order valence-electron chi connectivity index (χ2n) is 10.4. The van der Waals surface area contributed by atoms with Gasteiger partial charge in [0.2, 0.25) is 0 Å². The predicted molar refractivity (Wildman–Crippen MR) is 110 cm³/mol. The monoisotopic (exact) mass is 396 g/mol. The van der Waals surface area contributed by atoms with Gasteiger partial charge in [-0.25, -0.2) is 0 Å². The average molecular weight is 397 g/mol. The van der Waals surface area contributed by atoms with Crippen molar-refractivity contribution in [1.29, 1.82) is 0 Å². The van der Waals surface area contributed by atoms with Crippen molar-refractivity contribution in [3.05, 3.63) is 35.1 Å². The number of allylic oxidation sites excluding steroid dienone is 6. The Morgan fingerprint density at radius 3 is 2.72 bits per heavy atom. The van der Waals surface area contributed by atoms with Gasteiger partial charge in [0.1, 0.15) is 17.3 Å². The number of Topliss-reactive ketones (excluding diaryl/α,β-unsaturated/α-hetero) is 1. The molecule has 29 heavy (non-hydrogen) atoms. The minimum Gasteiger partial charge on any atom is -0.501 e. The molecule has 0 aromatic rings. The normalized spacial score (nSPS) is 45.4. The summed E-state index contributed by atoms with van der Waals surface area (Å²) in [6, 6.07) is 0. The first-order valence-electron chi connectivity index (χ1n) is 11.1. The zero-order valence-corrected chi connectivity index (χ0v) is 18.0. The molecule has 1 spiro atoms. The minimum atomic E-state index is -0.567. The van der Waals surface area contributed by atoms with Crippen LogP contribution in [0.2, 0.25) is 0 Å². The van der Waals surface area contributed by atoms with E-state index in [0.29, 0.717) is 18.3 Å². The molecule has 0 amide bonds. The quantitative estimate of drug-likeness (QED) is 0.378. The third-order valence-electron chi connectivity index (χ3n) is 9.27. The average Bonchev–Trinajstić information content (AvgIpc) is 3.18. The van der Waals surface area contributed by atoms with Gasteiger partial charge in [0.05, 0.1) is 12.9 Å². The van der Waals surface area contributed by atoms with Crippen molar-refractivity contribution in [3.63, 3.8) is 0 Å². The van der Waals surface area contributed by atoms with Crippen LogP contribution in [0.4, 0.5) is 0 Å². The third-order valence-corrected chi connectivity index (χ3v) is 9.27. The SMILES string of the molecule is COC1=CC2=CCC3C(=CC[C@@]4(C)C3CCC43CC(C(C)=O)C(=O)O3)[C@@]2(C)CC1. The Hall–Kier alpha value is -1.84. The Kier molecular flexibility index (Phi) is 4.02. The number of hydrogen-bond acceptors (Lipinski definition) is 4. The Balaban J connectivity index is 1.51. The van der Waals surface area contributed by atoms with Crippen LogP contribution in [0.15, 0.2) is 35.1 Å². The fourth-order valence-corrected chi connectivity index (χ4v) is 7.39. The van der Waals surface area contributed by atoms with Crippen LogP contribution in [-0.4, -0.2) is 24.5 Å². The largest absolute Gasteiger partial charge is 0.501 e. The summed E-state index contributed by atoms with van der Waals surface area (Å²) in [5.41, 5.74) is 2.55. The first-order valence-corrected chi connectivity index (χ1v) is 11.1. The smallest absolute Gasteiger partial charge is 0.317 e. The van der Waals surface area contributed by atoms with Crippen molar-refractivity contribution in [2.24, 2.45) is 28.6 Å². The summed E-state index contributed by atoms with van der Waals surface area (Å²) in [6.07, 6.45) is 13.8. The number of ketones is 1. The highest BCUT2D eigenvalue weighted by Crippen LogP contribution is 2.67. The summed E-state index contributed by atoms with van der Waals surface area (Å²) in [7, 11) is 1.77. The number of methoxy groups -OCH3 is 1. The van der Waals surface area contributed by atoms with Gasteiger partial charge >= 0.3 is 5.97 Å². The van der Waals surface area contributed by atoms with E-state index in [-0.39, 0.29) is 22.6 Å². The lowest BCUT2D eigenvalue weighted by atomic mass is 9.51. The number of rotatable bonds is 2. The minimum absolute atomic E-state index is 0.0494. The van der Waals surface area contributed by atoms with Gasteiger partial charge in [0.25, 0.3) is 0 Å².